The molecule has 21 heavy (non-hydrogen) atoms. The van der Waals surface area contributed by atoms with Gasteiger partial charge in [-0.15, -0.1) is 0 Å². The molecule has 0 atom stereocenters. The van der Waals surface area contributed by atoms with E-state index in [0.717, 1.165) is 17.7 Å². The van der Waals surface area contributed by atoms with Gasteiger partial charge < -0.3 is 4.74 Å². The van der Waals surface area contributed by atoms with E-state index in [2.05, 4.69) is 5.10 Å². The summed E-state index contributed by atoms with van der Waals surface area (Å²) in [6.07, 6.45) is 11.4. The van der Waals surface area contributed by atoms with Crippen LogP contribution in [0.2, 0.25) is 0 Å². The highest BCUT2D eigenvalue weighted by Crippen LogP contribution is 2.08. The number of nitrogens with zero attached hydrogens (tertiary/aromatic N) is 2. The Morgan fingerprint density at radius 1 is 1.29 bits per heavy atom. The molecule has 0 amide bonds. The van der Waals surface area contributed by atoms with Crippen LogP contribution in [-0.4, -0.2) is 22.4 Å². The Kier molecular flexibility index (Phi) is 5.52. The molecule has 0 spiro atoms. The molecule has 0 aliphatic rings. The first kappa shape index (κ1) is 14.8. The van der Waals surface area contributed by atoms with E-state index in [1.54, 1.807) is 17.0 Å². The smallest absolute Gasteiger partial charge is 0.331 e. The van der Waals surface area contributed by atoms with Gasteiger partial charge in [0.1, 0.15) is 6.61 Å². The first-order chi connectivity index (χ1) is 10.3. The third-order valence-corrected chi connectivity index (χ3v) is 2.76. The van der Waals surface area contributed by atoms with Crippen molar-refractivity contribution in [2.45, 2.75) is 13.3 Å². The highest BCUT2D eigenvalue weighted by molar-refractivity contribution is 5.87. The zero-order valence-electron chi connectivity index (χ0n) is 12.0. The van der Waals surface area contributed by atoms with E-state index in [1.165, 1.54) is 6.08 Å². The molecule has 0 aliphatic heterocycles. The molecule has 0 radical (unpaired) electrons. The lowest BCUT2D eigenvalue weighted by Crippen LogP contribution is -1.99. The number of aromatic nitrogens is 2. The summed E-state index contributed by atoms with van der Waals surface area (Å²) in [6, 6.07) is 9.79. The molecule has 4 nitrogen and oxygen atoms in total. The second-order valence-corrected chi connectivity index (χ2v) is 4.40. The first-order valence-corrected chi connectivity index (χ1v) is 6.89. The predicted molar refractivity (Wildman–Crippen MR) is 83.0 cm³/mol. The van der Waals surface area contributed by atoms with Crippen molar-refractivity contribution in [1.29, 1.82) is 0 Å². The Morgan fingerprint density at radius 2 is 2.10 bits per heavy atom. The summed E-state index contributed by atoms with van der Waals surface area (Å²) < 4.78 is 6.78. The Morgan fingerprint density at radius 3 is 2.86 bits per heavy atom. The Labute approximate surface area is 124 Å². The molecule has 0 bridgehead atoms. The number of para-hydroxylation sites is 1. The molecule has 0 aliphatic carbocycles. The zero-order chi connectivity index (χ0) is 14.9. The van der Waals surface area contributed by atoms with Gasteiger partial charge in [0.15, 0.2) is 0 Å². The molecule has 108 valence electrons. The minimum absolute atomic E-state index is 0.306. The quantitative estimate of drug-likeness (QED) is 0.463. The minimum Gasteiger partial charge on any atom is -0.458 e. The molecule has 4 heteroatoms. The maximum atomic E-state index is 11.5. The lowest BCUT2D eigenvalue weighted by Gasteiger charge is -1.98. The third kappa shape index (κ3) is 4.76. The number of esters is 1. The maximum Gasteiger partial charge on any atom is 0.331 e. The Hall–Kier alpha value is -2.62. The summed E-state index contributed by atoms with van der Waals surface area (Å²) >= 11 is 0. The molecule has 0 unspecified atom stereocenters. The molecular formula is C17H18N2O2. The van der Waals surface area contributed by atoms with E-state index in [-0.39, 0.29) is 5.97 Å². The lowest BCUT2D eigenvalue weighted by molar-refractivity contribution is -0.136. The van der Waals surface area contributed by atoms with Crippen LogP contribution in [0.4, 0.5) is 0 Å². The lowest BCUT2D eigenvalue weighted by atomic mass is 10.3. The monoisotopic (exact) mass is 282 g/mol. The van der Waals surface area contributed by atoms with Crippen LogP contribution >= 0.6 is 0 Å². The second-order valence-electron chi connectivity index (χ2n) is 4.40. The number of rotatable bonds is 6. The molecule has 1 heterocycles. The van der Waals surface area contributed by atoms with Gasteiger partial charge >= 0.3 is 5.97 Å². The zero-order valence-corrected chi connectivity index (χ0v) is 12.0. The molecule has 2 aromatic rings. The number of carbonyl (C=O) groups excluding carboxylic acids is 1. The molecule has 0 fully saturated rings. The van der Waals surface area contributed by atoms with Gasteiger partial charge in [0.2, 0.25) is 0 Å². The van der Waals surface area contributed by atoms with Crippen molar-refractivity contribution < 1.29 is 9.53 Å². The summed E-state index contributed by atoms with van der Waals surface area (Å²) in [6.45, 7) is 2.34. The van der Waals surface area contributed by atoms with Crippen molar-refractivity contribution in [3.05, 3.63) is 66.5 Å². The predicted octanol–water partition coefficient (Wildman–Crippen LogP) is 3.39. The van der Waals surface area contributed by atoms with Crippen molar-refractivity contribution in [3.63, 3.8) is 0 Å². The maximum absolute atomic E-state index is 11.5. The average molecular weight is 282 g/mol. The van der Waals surface area contributed by atoms with E-state index in [9.17, 15) is 4.79 Å². The molecule has 0 saturated carbocycles. The van der Waals surface area contributed by atoms with Gasteiger partial charge in [-0.05, 0) is 24.6 Å². The standard InChI is InChI=1S/C17H18N2O2/c1-2-3-7-12-21-17(20)11-10-15-13-18-19(14-15)16-8-5-4-6-9-16/h3-11,13-14H,2,12H2,1H3/b7-3+,11-10+. The van der Waals surface area contributed by atoms with Crippen LogP contribution in [0.5, 0.6) is 0 Å². The topological polar surface area (TPSA) is 44.1 Å². The summed E-state index contributed by atoms with van der Waals surface area (Å²) in [5.74, 6) is -0.358. The fourth-order valence-corrected chi connectivity index (χ4v) is 1.72. The molecule has 1 aromatic carbocycles. The summed E-state index contributed by atoms with van der Waals surface area (Å²) in [4.78, 5) is 11.5. The minimum atomic E-state index is -0.358. The van der Waals surface area contributed by atoms with Crippen molar-refractivity contribution in [1.82, 2.24) is 9.78 Å². The molecule has 0 N–H and O–H groups in total. The Bertz CT molecular complexity index is 627. The van der Waals surface area contributed by atoms with Crippen LogP contribution in [0.1, 0.15) is 18.9 Å². The third-order valence-electron chi connectivity index (χ3n) is 2.76. The summed E-state index contributed by atoms with van der Waals surface area (Å²) in [5, 5.41) is 4.25. The first-order valence-electron chi connectivity index (χ1n) is 6.89. The van der Waals surface area contributed by atoms with Crippen molar-refractivity contribution in [2.24, 2.45) is 0 Å². The number of allylic oxidation sites excluding steroid dienone is 1. The van der Waals surface area contributed by atoms with E-state index in [1.807, 2.05) is 55.6 Å². The SMILES string of the molecule is CC/C=C/COC(=O)/C=C/c1cnn(-c2ccccc2)c1. The van der Waals surface area contributed by atoms with Gasteiger partial charge in [-0.3, -0.25) is 0 Å². The normalized spacial score (nSPS) is 11.3. The van der Waals surface area contributed by atoms with E-state index >= 15 is 0 Å². The van der Waals surface area contributed by atoms with Crippen LogP contribution in [0.25, 0.3) is 11.8 Å². The molecular weight excluding hydrogens is 264 g/mol. The van der Waals surface area contributed by atoms with Gasteiger partial charge in [-0.2, -0.15) is 5.10 Å². The van der Waals surface area contributed by atoms with E-state index < -0.39 is 0 Å². The van der Waals surface area contributed by atoms with Crippen LogP contribution in [0.3, 0.4) is 0 Å². The summed E-state index contributed by atoms with van der Waals surface area (Å²) in [5.41, 5.74) is 1.82. The van der Waals surface area contributed by atoms with Crippen LogP contribution in [0.15, 0.2) is 61.0 Å². The number of hydrogen-bond acceptors (Lipinski definition) is 3. The van der Waals surface area contributed by atoms with Gasteiger partial charge in [0, 0.05) is 17.8 Å². The highest BCUT2D eigenvalue weighted by atomic mass is 16.5. The fraction of sp³-hybridized carbons (Fsp3) is 0.176. The second kappa shape index (κ2) is 7.85. The van der Waals surface area contributed by atoms with Crippen LogP contribution in [-0.2, 0) is 9.53 Å². The average Bonchev–Trinajstić information content (AvgIpc) is 2.99. The summed E-state index contributed by atoms with van der Waals surface area (Å²) in [7, 11) is 0. The van der Waals surface area contributed by atoms with E-state index in [0.29, 0.717) is 6.61 Å². The molecule has 1 aromatic heterocycles. The number of hydrogen-bond donors (Lipinski definition) is 0. The van der Waals surface area contributed by atoms with Gasteiger partial charge in [0.05, 0.1) is 11.9 Å². The molecule has 2 rings (SSSR count). The van der Waals surface area contributed by atoms with Crippen molar-refractivity contribution >= 4 is 12.0 Å². The van der Waals surface area contributed by atoms with Gasteiger partial charge in [0.25, 0.3) is 0 Å². The Balaban J connectivity index is 1.92. The number of ether oxygens (including phenoxy) is 1. The van der Waals surface area contributed by atoms with Crippen molar-refractivity contribution in [3.8, 4) is 5.69 Å². The number of carbonyl (C=O) groups is 1. The van der Waals surface area contributed by atoms with Crippen LogP contribution in [0, 0.1) is 0 Å². The molecule has 0 saturated heterocycles. The van der Waals surface area contributed by atoms with E-state index in [4.69, 9.17) is 4.74 Å². The number of benzene rings is 1. The van der Waals surface area contributed by atoms with Gasteiger partial charge in [-0.25, -0.2) is 9.48 Å². The highest BCUT2D eigenvalue weighted by Gasteiger charge is 1.99. The largest absolute Gasteiger partial charge is 0.458 e. The van der Waals surface area contributed by atoms with Crippen molar-refractivity contribution in [2.75, 3.05) is 6.61 Å². The fourth-order valence-electron chi connectivity index (χ4n) is 1.72. The van der Waals surface area contributed by atoms with Gasteiger partial charge in [-0.1, -0.05) is 37.3 Å². The van der Waals surface area contributed by atoms with Crippen LogP contribution < -0.4 is 0 Å².